The number of hydrogen-bond acceptors (Lipinski definition) is 19. The summed E-state index contributed by atoms with van der Waals surface area (Å²) < 4.78 is 142. The van der Waals surface area contributed by atoms with Crippen molar-refractivity contribution in [1.82, 2.24) is 24.7 Å². The number of rotatable bonds is 47. The summed E-state index contributed by atoms with van der Waals surface area (Å²) in [7, 11) is 0.339. The minimum Gasteiger partial charge on any atom is -0.420 e. The molecule has 0 atom stereocenters. The number of halogens is 4. The van der Waals surface area contributed by atoms with Gasteiger partial charge >= 0.3 is 5.97 Å². The molecule has 2 aliphatic rings. The Morgan fingerprint density at radius 2 is 1.15 bits per heavy atom. The maximum absolute atomic E-state index is 14.2. The van der Waals surface area contributed by atoms with E-state index in [1.807, 2.05) is 86.6 Å². The van der Waals surface area contributed by atoms with Crippen molar-refractivity contribution in [3.05, 3.63) is 113 Å². The zero-order valence-corrected chi connectivity index (χ0v) is 54.3. The molecule has 4 N–H and O–H groups in total. The van der Waals surface area contributed by atoms with E-state index in [4.69, 9.17) is 63.1 Å². The predicted molar refractivity (Wildman–Crippen MR) is 342 cm³/mol. The number of nitrogens with zero attached hydrogens (tertiary/aromatic N) is 5. The molecule has 1 fully saturated rings. The third-order valence-corrected chi connectivity index (χ3v) is 15.8. The van der Waals surface area contributed by atoms with Gasteiger partial charge in [0.15, 0.2) is 17.6 Å². The first-order valence-corrected chi connectivity index (χ1v) is 32.7. The van der Waals surface area contributed by atoms with Gasteiger partial charge in [-0.3, -0.25) is 9.59 Å². The molecule has 0 spiro atoms. The van der Waals surface area contributed by atoms with Crippen LogP contribution in [0.5, 0.6) is 5.75 Å². The summed E-state index contributed by atoms with van der Waals surface area (Å²) in [6.45, 7) is 12.8. The maximum atomic E-state index is 14.2. The van der Waals surface area contributed by atoms with E-state index in [1.165, 1.54) is 4.31 Å². The van der Waals surface area contributed by atoms with Gasteiger partial charge < -0.3 is 78.3 Å². The number of fused-ring (bicyclic) bond motifs is 1. The molecular weight excluding hydrogens is 1240 g/mol. The molecule has 0 saturated carbocycles. The third-order valence-electron chi connectivity index (χ3n) is 13.9. The molecular formula is C65H90F4N8O15S. The predicted octanol–water partition coefficient (Wildman–Crippen LogP) is 6.53. The van der Waals surface area contributed by atoms with Crippen molar-refractivity contribution >= 4 is 51.1 Å². The number of carbonyl (C=O) groups excluding carboxylic acids is 2. The van der Waals surface area contributed by atoms with Crippen molar-refractivity contribution in [2.24, 2.45) is 21.6 Å². The fourth-order valence-corrected chi connectivity index (χ4v) is 11.0. The largest absolute Gasteiger partial charge is 0.420 e. The van der Waals surface area contributed by atoms with Crippen molar-refractivity contribution in [3.8, 4) is 16.9 Å². The van der Waals surface area contributed by atoms with Crippen molar-refractivity contribution < 1.29 is 87.7 Å². The van der Waals surface area contributed by atoms with Crippen LogP contribution in [-0.4, -0.2) is 238 Å². The highest BCUT2D eigenvalue weighted by atomic mass is 32.2. The van der Waals surface area contributed by atoms with Gasteiger partial charge in [0.25, 0.3) is 0 Å². The van der Waals surface area contributed by atoms with Gasteiger partial charge in [0, 0.05) is 69.4 Å². The van der Waals surface area contributed by atoms with Crippen molar-refractivity contribution in [2.45, 2.75) is 37.5 Å². The van der Waals surface area contributed by atoms with Crippen LogP contribution in [0.4, 0.5) is 28.9 Å². The standard InChI is InChI=1S/C65H90F4N8O15S/c1-4-19-76(64(79)53-41-52-15-14-51(43-58(52)74-59(70)44-53)50-10-8-13-55(42-50)93(80,81)77-47-49(48-77)46-75(2)3)20-9-17-71-65(73-54-11-6-5-7-12-54)72-18-22-83-24-26-85-28-30-87-32-34-89-36-38-91-40-39-90-37-35-88-33-31-86-29-27-84-25-23-82-21-16-60(78)92-63-61(68)56(66)45-57(67)62(63)69/h5-8,10-15,41-43,45,49H,4,9,16-40,44,46-48H2,1-3H3,(H2,70,74)(H2,71,72,73). The van der Waals surface area contributed by atoms with Crippen molar-refractivity contribution in [2.75, 3.05) is 192 Å². The van der Waals surface area contributed by atoms with E-state index < -0.39 is 51.4 Å². The number of para-hydroxylation sites is 1. The summed E-state index contributed by atoms with van der Waals surface area (Å²) in [6, 6.07) is 22.3. The van der Waals surface area contributed by atoms with Gasteiger partial charge in [0.05, 0.1) is 155 Å². The zero-order valence-electron chi connectivity index (χ0n) is 53.4. The van der Waals surface area contributed by atoms with Crippen LogP contribution in [0, 0.1) is 29.2 Å². The molecule has 4 aromatic rings. The smallest absolute Gasteiger partial charge is 0.313 e. The Balaban J connectivity index is 0.729. The Bertz CT molecular complexity index is 3070. The Hall–Kier alpha value is -6.51. The van der Waals surface area contributed by atoms with Crippen molar-refractivity contribution in [3.63, 3.8) is 0 Å². The highest BCUT2D eigenvalue weighted by Crippen LogP contribution is 2.34. The van der Waals surface area contributed by atoms with E-state index in [9.17, 15) is 35.6 Å². The molecule has 514 valence electrons. The molecule has 4 aromatic carbocycles. The number of amides is 1. The SMILES string of the molecule is CCCN(CCCN/C(=N/c1ccccc1)NCCOCCOCCOCCOCCOCCOCCOCCOCCOCCOCCC(=O)Oc1c(F)c(F)cc(F)c1F)C(=O)C1=Cc2ccc(-c3cccc(S(=O)(=O)N4CC(CN(C)C)C4)c3)cc2N=C(N)C1. The number of esters is 1. The molecule has 0 aromatic heterocycles. The number of sulfonamides is 1. The van der Waals surface area contributed by atoms with E-state index >= 15 is 0 Å². The first-order valence-electron chi connectivity index (χ1n) is 31.3. The topological polar surface area (TPSA) is 254 Å². The lowest BCUT2D eigenvalue weighted by Gasteiger charge is -2.39. The van der Waals surface area contributed by atoms with E-state index in [0.717, 1.165) is 35.3 Å². The highest BCUT2D eigenvalue weighted by molar-refractivity contribution is 7.89. The summed E-state index contributed by atoms with van der Waals surface area (Å²) in [5.74, 6) is -8.43. The molecule has 0 radical (unpaired) electrons. The van der Waals surface area contributed by atoms with Gasteiger partial charge in [-0.15, -0.1) is 0 Å². The number of benzene rings is 4. The van der Waals surface area contributed by atoms with Crippen molar-refractivity contribution in [1.29, 1.82) is 0 Å². The fraction of sp³-hybridized carbons (Fsp3) is 0.538. The molecule has 23 nitrogen and oxygen atoms in total. The Morgan fingerprint density at radius 3 is 1.69 bits per heavy atom. The molecule has 1 saturated heterocycles. The van der Waals surface area contributed by atoms with Gasteiger partial charge in [-0.25, -0.2) is 27.2 Å². The van der Waals surface area contributed by atoms with E-state index in [-0.39, 0.29) is 49.7 Å². The Morgan fingerprint density at radius 1 is 0.634 bits per heavy atom. The lowest BCUT2D eigenvalue weighted by molar-refractivity contribution is -0.136. The minimum atomic E-state index is -3.64. The van der Waals surface area contributed by atoms with Gasteiger partial charge in [0.1, 0.15) is 5.84 Å². The quantitative estimate of drug-likeness (QED) is 0.00809. The second-order valence-corrected chi connectivity index (χ2v) is 23.6. The molecule has 0 bridgehead atoms. The van der Waals surface area contributed by atoms with Gasteiger partial charge in [0.2, 0.25) is 33.3 Å². The molecule has 28 heteroatoms. The normalized spacial score (nSPS) is 13.7. The lowest BCUT2D eigenvalue weighted by Crippen LogP contribution is -2.52. The average molecular weight is 1330 g/mol. The Kier molecular flexibility index (Phi) is 34.7. The van der Waals surface area contributed by atoms with Crippen LogP contribution in [0.3, 0.4) is 0 Å². The maximum Gasteiger partial charge on any atom is 0.313 e. The molecule has 6 rings (SSSR count). The van der Waals surface area contributed by atoms with Crippen LogP contribution < -0.4 is 21.1 Å². The minimum absolute atomic E-state index is 0.0154. The average Bonchev–Trinajstić information content (AvgIpc) is 0.989. The van der Waals surface area contributed by atoms with Gasteiger partial charge in [-0.2, -0.15) is 13.1 Å². The molecule has 2 aliphatic heterocycles. The number of carbonyl (C=O) groups is 2. The Labute approximate surface area is 542 Å². The highest BCUT2D eigenvalue weighted by Gasteiger charge is 2.37. The van der Waals surface area contributed by atoms with E-state index in [1.54, 1.807) is 18.2 Å². The number of nitrogens with one attached hydrogen (secondary N) is 2. The van der Waals surface area contributed by atoms with Crippen LogP contribution in [0.15, 0.2) is 99.3 Å². The fourth-order valence-electron chi connectivity index (χ4n) is 9.37. The summed E-state index contributed by atoms with van der Waals surface area (Å²) in [5, 5.41) is 6.75. The lowest BCUT2D eigenvalue weighted by atomic mass is 10.0. The number of amidine groups is 1. The summed E-state index contributed by atoms with van der Waals surface area (Å²) >= 11 is 0. The number of guanidine groups is 1. The summed E-state index contributed by atoms with van der Waals surface area (Å²) in [4.78, 5) is 39.6. The number of hydrogen-bond donors (Lipinski definition) is 3. The van der Waals surface area contributed by atoms with E-state index in [2.05, 4.69) is 20.3 Å². The zero-order chi connectivity index (χ0) is 66.5. The summed E-state index contributed by atoms with van der Waals surface area (Å²) in [5.41, 5.74) is 10.7. The molecule has 0 unspecified atom stereocenters. The van der Waals surface area contributed by atoms with Gasteiger partial charge in [-0.05, 0) is 80.4 Å². The number of aliphatic imine (C=N–C) groups is 2. The van der Waals surface area contributed by atoms with Crippen LogP contribution >= 0.6 is 0 Å². The number of ether oxygens (including phenoxy) is 11. The molecule has 93 heavy (non-hydrogen) atoms. The van der Waals surface area contributed by atoms with Crippen LogP contribution in [0.1, 0.15) is 38.2 Å². The van der Waals surface area contributed by atoms with Gasteiger partial charge in [-0.1, -0.05) is 49.4 Å². The summed E-state index contributed by atoms with van der Waals surface area (Å²) in [6.07, 6.45) is 3.06. The molecule has 2 heterocycles. The second-order valence-electron chi connectivity index (χ2n) is 21.6. The first kappa shape index (κ1) is 75.5. The molecule has 0 aliphatic carbocycles. The third kappa shape index (κ3) is 27.8. The van der Waals surface area contributed by atoms with E-state index in [0.29, 0.717) is 180 Å². The second kappa shape index (κ2) is 42.7. The van der Waals surface area contributed by atoms with Crippen LogP contribution in [0.25, 0.3) is 17.2 Å². The first-order chi connectivity index (χ1) is 45.1. The number of nitrogens with two attached hydrogens (primary N) is 1. The van der Waals surface area contributed by atoms with Crippen LogP contribution in [-0.2, 0) is 67.0 Å². The van der Waals surface area contributed by atoms with Crippen LogP contribution in [0.2, 0.25) is 0 Å². The monoisotopic (exact) mass is 1330 g/mol. The molecule has 1 amide bonds.